The van der Waals surface area contributed by atoms with Gasteiger partial charge in [-0.25, -0.2) is 0 Å². The number of nitrogens with one attached hydrogen (secondary N) is 1. The molecule has 1 amide bonds. The number of carbonyl (C=O) groups is 1. The molecule has 1 heterocycles. The average molecular weight is 284 g/mol. The van der Waals surface area contributed by atoms with E-state index in [0.717, 1.165) is 19.3 Å². The van der Waals surface area contributed by atoms with Crippen molar-refractivity contribution in [1.29, 1.82) is 0 Å². The molecule has 1 saturated carbocycles. The lowest BCUT2D eigenvalue weighted by atomic mass is 9.78. The predicted molar refractivity (Wildman–Crippen MR) is 77.2 cm³/mol. The molecular weight excluding hydrogens is 256 g/mol. The zero-order chi connectivity index (χ0) is 14.5. The zero-order valence-electron chi connectivity index (χ0n) is 12.3. The van der Waals surface area contributed by atoms with Gasteiger partial charge in [0.15, 0.2) is 0 Å². The molecule has 1 aliphatic carbocycles. The fourth-order valence-corrected chi connectivity index (χ4v) is 3.62. The van der Waals surface area contributed by atoms with Crippen molar-refractivity contribution in [2.45, 2.75) is 44.9 Å². The minimum atomic E-state index is -0.447. The van der Waals surface area contributed by atoms with Crippen LogP contribution in [0.25, 0.3) is 0 Å². The van der Waals surface area contributed by atoms with E-state index in [1.165, 1.54) is 12.8 Å². The van der Waals surface area contributed by atoms with Crippen molar-refractivity contribution in [3.8, 4) is 0 Å². The topological polar surface area (TPSA) is 84.6 Å². The summed E-state index contributed by atoms with van der Waals surface area (Å²) in [6.07, 6.45) is 6.81. The number of carbonyl (C=O) groups excluding carboxylic acids is 1. The predicted octanol–water partition coefficient (Wildman–Crippen LogP) is 0.801. The number of amides is 1. The van der Waals surface area contributed by atoms with Crippen molar-refractivity contribution in [1.82, 2.24) is 5.32 Å². The smallest absolute Gasteiger partial charge is 0.227 e. The standard InChI is InChI=1S/C15H28N2O3/c16-11-15(6-9-20-10-7-15)13(19)17-12-14(5-8-18)3-1-2-4-14/h18H,1-12,16H2,(H,17,19). The molecule has 0 aromatic rings. The highest BCUT2D eigenvalue weighted by molar-refractivity contribution is 5.83. The molecule has 2 aliphatic rings. The molecule has 1 saturated heterocycles. The third-order valence-corrected chi connectivity index (χ3v) is 5.25. The first-order chi connectivity index (χ1) is 9.66. The Morgan fingerprint density at radius 3 is 2.40 bits per heavy atom. The van der Waals surface area contributed by atoms with Crippen molar-refractivity contribution < 1.29 is 14.6 Å². The number of aliphatic hydroxyl groups excluding tert-OH is 1. The van der Waals surface area contributed by atoms with Gasteiger partial charge in [0.25, 0.3) is 0 Å². The molecule has 116 valence electrons. The van der Waals surface area contributed by atoms with Gasteiger partial charge in [-0.15, -0.1) is 0 Å². The van der Waals surface area contributed by atoms with Crippen molar-refractivity contribution in [3.63, 3.8) is 0 Å². The van der Waals surface area contributed by atoms with E-state index in [1.807, 2.05) is 0 Å². The van der Waals surface area contributed by atoms with Crippen molar-refractivity contribution in [3.05, 3.63) is 0 Å². The maximum Gasteiger partial charge on any atom is 0.227 e. The second-order valence-electron chi connectivity index (χ2n) is 6.46. The number of nitrogens with two attached hydrogens (primary N) is 1. The van der Waals surface area contributed by atoms with E-state index in [-0.39, 0.29) is 17.9 Å². The number of hydrogen-bond acceptors (Lipinski definition) is 4. The summed E-state index contributed by atoms with van der Waals surface area (Å²) in [6.45, 7) is 2.49. The molecular formula is C15H28N2O3. The first-order valence-electron chi connectivity index (χ1n) is 7.83. The summed E-state index contributed by atoms with van der Waals surface area (Å²) in [5, 5.41) is 12.4. The fourth-order valence-electron chi connectivity index (χ4n) is 3.62. The maximum absolute atomic E-state index is 12.5. The van der Waals surface area contributed by atoms with Gasteiger partial charge in [-0.05, 0) is 37.5 Å². The Hall–Kier alpha value is -0.650. The molecule has 0 spiro atoms. The Morgan fingerprint density at radius 2 is 1.85 bits per heavy atom. The van der Waals surface area contributed by atoms with Crippen LogP contribution in [0, 0.1) is 10.8 Å². The van der Waals surface area contributed by atoms with Crippen LogP contribution in [0.4, 0.5) is 0 Å². The van der Waals surface area contributed by atoms with Crippen LogP contribution < -0.4 is 11.1 Å². The minimum absolute atomic E-state index is 0.0764. The largest absolute Gasteiger partial charge is 0.396 e. The van der Waals surface area contributed by atoms with Crippen LogP contribution in [0.15, 0.2) is 0 Å². The minimum Gasteiger partial charge on any atom is -0.396 e. The summed E-state index contributed by atoms with van der Waals surface area (Å²) in [6, 6.07) is 0. The lowest BCUT2D eigenvalue weighted by Crippen LogP contribution is -2.51. The quantitative estimate of drug-likeness (QED) is 0.673. The van der Waals surface area contributed by atoms with Crippen molar-refractivity contribution in [2.75, 3.05) is 32.9 Å². The Morgan fingerprint density at radius 1 is 1.20 bits per heavy atom. The van der Waals surface area contributed by atoms with E-state index in [2.05, 4.69) is 5.32 Å². The van der Waals surface area contributed by atoms with Crippen LogP contribution in [0.5, 0.6) is 0 Å². The fraction of sp³-hybridized carbons (Fsp3) is 0.933. The molecule has 5 nitrogen and oxygen atoms in total. The van der Waals surface area contributed by atoms with Gasteiger partial charge in [-0.3, -0.25) is 4.79 Å². The summed E-state index contributed by atoms with van der Waals surface area (Å²) in [7, 11) is 0. The van der Waals surface area contributed by atoms with Gasteiger partial charge in [0.05, 0.1) is 5.41 Å². The molecule has 0 radical (unpaired) electrons. The maximum atomic E-state index is 12.5. The number of rotatable bonds is 6. The Bertz CT molecular complexity index is 321. The molecule has 0 atom stereocenters. The van der Waals surface area contributed by atoms with Gasteiger partial charge in [0.2, 0.25) is 5.91 Å². The third kappa shape index (κ3) is 3.32. The van der Waals surface area contributed by atoms with Gasteiger partial charge < -0.3 is 20.9 Å². The number of hydrogen-bond donors (Lipinski definition) is 3. The second kappa shape index (κ2) is 6.87. The van der Waals surface area contributed by atoms with Gasteiger partial charge in [-0.1, -0.05) is 12.8 Å². The molecule has 20 heavy (non-hydrogen) atoms. The van der Waals surface area contributed by atoms with E-state index in [0.29, 0.717) is 39.1 Å². The molecule has 0 aromatic heterocycles. The highest BCUT2D eigenvalue weighted by atomic mass is 16.5. The summed E-state index contributed by atoms with van der Waals surface area (Å²) in [5.74, 6) is 0.0764. The van der Waals surface area contributed by atoms with Gasteiger partial charge >= 0.3 is 0 Å². The lowest BCUT2D eigenvalue weighted by Gasteiger charge is -2.36. The number of aliphatic hydroxyl groups is 1. The second-order valence-corrected chi connectivity index (χ2v) is 6.46. The SMILES string of the molecule is NCC1(C(=O)NCC2(CCO)CCCC2)CCOCC1. The Balaban J connectivity index is 1.92. The van der Waals surface area contributed by atoms with E-state index in [4.69, 9.17) is 10.5 Å². The molecule has 0 unspecified atom stereocenters. The lowest BCUT2D eigenvalue weighted by molar-refractivity contribution is -0.136. The van der Waals surface area contributed by atoms with Crippen molar-refractivity contribution in [2.24, 2.45) is 16.6 Å². The van der Waals surface area contributed by atoms with Crippen LogP contribution >= 0.6 is 0 Å². The molecule has 1 aliphatic heterocycles. The van der Waals surface area contributed by atoms with E-state index >= 15 is 0 Å². The molecule has 4 N–H and O–H groups in total. The summed E-state index contributed by atoms with van der Waals surface area (Å²) < 4.78 is 5.34. The van der Waals surface area contributed by atoms with Crippen LogP contribution in [0.2, 0.25) is 0 Å². The van der Waals surface area contributed by atoms with E-state index in [1.54, 1.807) is 0 Å². The highest BCUT2D eigenvalue weighted by Crippen LogP contribution is 2.40. The average Bonchev–Trinajstić information content (AvgIpc) is 2.95. The van der Waals surface area contributed by atoms with E-state index in [9.17, 15) is 9.90 Å². The van der Waals surface area contributed by atoms with Crippen LogP contribution in [0.3, 0.4) is 0 Å². The Kier molecular flexibility index (Phi) is 5.41. The van der Waals surface area contributed by atoms with Gasteiger partial charge in [0.1, 0.15) is 0 Å². The number of ether oxygens (including phenoxy) is 1. The van der Waals surface area contributed by atoms with E-state index < -0.39 is 5.41 Å². The monoisotopic (exact) mass is 284 g/mol. The van der Waals surface area contributed by atoms with Gasteiger partial charge in [0, 0.05) is 32.9 Å². The first-order valence-corrected chi connectivity index (χ1v) is 7.83. The molecule has 0 bridgehead atoms. The van der Waals surface area contributed by atoms with Gasteiger partial charge in [-0.2, -0.15) is 0 Å². The first kappa shape index (κ1) is 15.7. The normalized spacial score (nSPS) is 24.5. The third-order valence-electron chi connectivity index (χ3n) is 5.25. The summed E-state index contributed by atoms with van der Waals surface area (Å²) in [4.78, 5) is 12.5. The molecule has 2 rings (SSSR count). The molecule has 0 aromatic carbocycles. The molecule has 2 fully saturated rings. The van der Waals surface area contributed by atoms with Crippen LogP contribution in [-0.2, 0) is 9.53 Å². The summed E-state index contributed by atoms with van der Waals surface area (Å²) >= 11 is 0. The van der Waals surface area contributed by atoms with Crippen LogP contribution in [-0.4, -0.2) is 43.9 Å². The Labute approximate surface area is 121 Å². The van der Waals surface area contributed by atoms with Crippen LogP contribution in [0.1, 0.15) is 44.9 Å². The zero-order valence-corrected chi connectivity index (χ0v) is 12.3. The molecule has 5 heteroatoms. The highest BCUT2D eigenvalue weighted by Gasteiger charge is 2.40. The van der Waals surface area contributed by atoms with Crippen molar-refractivity contribution >= 4 is 5.91 Å². The summed E-state index contributed by atoms with van der Waals surface area (Å²) in [5.41, 5.74) is 5.51.